The number of rotatable bonds is 6. The van der Waals surface area contributed by atoms with Crippen molar-refractivity contribution in [2.75, 3.05) is 20.8 Å². The van der Waals surface area contributed by atoms with Crippen LogP contribution in [0.25, 0.3) is 0 Å². The molecule has 3 unspecified atom stereocenters. The van der Waals surface area contributed by atoms with Crippen LogP contribution in [0, 0.1) is 0 Å². The van der Waals surface area contributed by atoms with E-state index in [1.54, 1.807) is 14.2 Å². The quantitative estimate of drug-likeness (QED) is 0.824. The predicted octanol–water partition coefficient (Wildman–Crippen LogP) is 1.89. The van der Waals surface area contributed by atoms with Crippen molar-refractivity contribution in [3.63, 3.8) is 0 Å². The maximum Gasteiger partial charge on any atom is 0.119 e. The second-order valence-electron chi connectivity index (χ2n) is 5.01. The Kier molecular flexibility index (Phi) is 5.19. The van der Waals surface area contributed by atoms with Gasteiger partial charge in [0.15, 0.2) is 0 Å². The third-order valence-electron chi connectivity index (χ3n) is 3.81. The van der Waals surface area contributed by atoms with Crippen LogP contribution >= 0.6 is 0 Å². The third kappa shape index (κ3) is 3.69. The van der Waals surface area contributed by atoms with Crippen molar-refractivity contribution in [1.82, 2.24) is 5.32 Å². The molecule has 0 aliphatic heterocycles. The number of aliphatic hydroxyl groups excluding tert-OH is 1. The molecule has 0 heterocycles. The van der Waals surface area contributed by atoms with E-state index >= 15 is 0 Å². The second-order valence-corrected chi connectivity index (χ2v) is 5.01. The summed E-state index contributed by atoms with van der Waals surface area (Å²) in [6.45, 7) is 0.539. The Bertz CT molecular complexity index is 397. The molecule has 0 radical (unpaired) electrons. The first-order chi connectivity index (χ1) is 9.24. The molecular formula is C15H23NO3. The summed E-state index contributed by atoms with van der Waals surface area (Å²) in [5, 5.41) is 13.6. The Balaban J connectivity index is 1.88. The molecule has 0 amide bonds. The molecule has 0 aromatic heterocycles. The predicted molar refractivity (Wildman–Crippen MR) is 74.4 cm³/mol. The number of hydrogen-bond acceptors (Lipinski definition) is 4. The minimum atomic E-state index is -0.520. The number of methoxy groups -OCH3 is 2. The van der Waals surface area contributed by atoms with E-state index in [9.17, 15) is 5.11 Å². The van der Waals surface area contributed by atoms with Gasteiger partial charge in [0, 0.05) is 19.7 Å². The number of hydrogen-bond donors (Lipinski definition) is 2. The van der Waals surface area contributed by atoms with Crippen molar-refractivity contribution < 1.29 is 14.6 Å². The molecule has 1 aliphatic rings. The highest BCUT2D eigenvalue weighted by molar-refractivity contribution is 5.29. The van der Waals surface area contributed by atoms with E-state index in [0.29, 0.717) is 12.6 Å². The molecule has 3 atom stereocenters. The van der Waals surface area contributed by atoms with Crippen LogP contribution in [0.2, 0.25) is 0 Å². The van der Waals surface area contributed by atoms with E-state index in [-0.39, 0.29) is 6.10 Å². The van der Waals surface area contributed by atoms with Crippen LogP contribution in [0.5, 0.6) is 5.75 Å². The van der Waals surface area contributed by atoms with Crippen LogP contribution < -0.4 is 10.1 Å². The molecule has 4 nitrogen and oxygen atoms in total. The molecule has 0 saturated heterocycles. The lowest BCUT2D eigenvalue weighted by Crippen LogP contribution is -2.39. The van der Waals surface area contributed by atoms with Gasteiger partial charge in [-0.05, 0) is 37.0 Å². The average molecular weight is 265 g/mol. The largest absolute Gasteiger partial charge is 0.497 e. The van der Waals surface area contributed by atoms with Gasteiger partial charge < -0.3 is 19.9 Å². The van der Waals surface area contributed by atoms with Gasteiger partial charge in [-0.2, -0.15) is 0 Å². The molecule has 1 aromatic rings. The molecular weight excluding hydrogens is 242 g/mol. The lowest BCUT2D eigenvalue weighted by Gasteiger charge is -2.21. The van der Waals surface area contributed by atoms with Gasteiger partial charge in [-0.25, -0.2) is 0 Å². The van der Waals surface area contributed by atoms with Crippen molar-refractivity contribution in [3.05, 3.63) is 29.8 Å². The topological polar surface area (TPSA) is 50.7 Å². The van der Waals surface area contributed by atoms with Crippen molar-refractivity contribution in [2.45, 2.75) is 37.5 Å². The van der Waals surface area contributed by atoms with Crippen LogP contribution in [0.4, 0.5) is 0 Å². The molecule has 4 heteroatoms. The first-order valence-corrected chi connectivity index (χ1v) is 6.82. The Morgan fingerprint density at radius 1 is 1.37 bits per heavy atom. The zero-order valence-corrected chi connectivity index (χ0v) is 11.6. The smallest absolute Gasteiger partial charge is 0.119 e. The molecule has 1 aromatic carbocycles. The molecule has 1 saturated carbocycles. The molecule has 2 rings (SSSR count). The summed E-state index contributed by atoms with van der Waals surface area (Å²) in [7, 11) is 3.38. The van der Waals surface area contributed by atoms with Crippen LogP contribution in [0.15, 0.2) is 24.3 Å². The van der Waals surface area contributed by atoms with Crippen molar-refractivity contribution in [2.24, 2.45) is 0 Å². The molecule has 106 valence electrons. The highest BCUT2D eigenvalue weighted by Crippen LogP contribution is 2.23. The van der Waals surface area contributed by atoms with E-state index in [1.165, 1.54) is 6.42 Å². The van der Waals surface area contributed by atoms with Crippen LogP contribution in [-0.2, 0) is 4.74 Å². The fourth-order valence-electron chi connectivity index (χ4n) is 2.67. The normalized spacial score (nSPS) is 24.4. The maximum absolute atomic E-state index is 10.2. The summed E-state index contributed by atoms with van der Waals surface area (Å²) < 4.78 is 10.6. The Morgan fingerprint density at radius 3 is 2.95 bits per heavy atom. The van der Waals surface area contributed by atoms with Gasteiger partial charge in [0.05, 0.1) is 19.3 Å². The van der Waals surface area contributed by atoms with E-state index in [4.69, 9.17) is 9.47 Å². The minimum Gasteiger partial charge on any atom is -0.497 e. The lowest BCUT2D eigenvalue weighted by molar-refractivity contribution is 0.0779. The zero-order chi connectivity index (χ0) is 13.7. The Hall–Kier alpha value is -1.10. The highest BCUT2D eigenvalue weighted by Gasteiger charge is 2.27. The van der Waals surface area contributed by atoms with Gasteiger partial charge >= 0.3 is 0 Å². The van der Waals surface area contributed by atoms with Gasteiger partial charge in [0.1, 0.15) is 5.75 Å². The number of nitrogens with one attached hydrogen (secondary N) is 1. The average Bonchev–Trinajstić information content (AvgIpc) is 2.92. The highest BCUT2D eigenvalue weighted by atomic mass is 16.5. The molecule has 19 heavy (non-hydrogen) atoms. The van der Waals surface area contributed by atoms with Crippen LogP contribution in [0.1, 0.15) is 30.9 Å². The summed E-state index contributed by atoms with van der Waals surface area (Å²) in [6, 6.07) is 7.91. The molecule has 1 fully saturated rings. The first-order valence-electron chi connectivity index (χ1n) is 6.82. The summed E-state index contributed by atoms with van der Waals surface area (Å²) in [4.78, 5) is 0. The van der Waals surface area contributed by atoms with Gasteiger partial charge in [0.25, 0.3) is 0 Å². The van der Waals surface area contributed by atoms with E-state index in [2.05, 4.69) is 5.32 Å². The van der Waals surface area contributed by atoms with Gasteiger partial charge in [-0.15, -0.1) is 0 Å². The van der Waals surface area contributed by atoms with Crippen LogP contribution in [-0.4, -0.2) is 38.0 Å². The molecule has 2 N–H and O–H groups in total. The SMILES string of the molecule is COc1cccc(C(O)CNC2CCCC2OC)c1. The van der Waals surface area contributed by atoms with Crippen molar-refractivity contribution in [3.8, 4) is 5.75 Å². The summed E-state index contributed by atoms with van der Waals surface area (Å²) >= 11 is 0. The lowest BCUT2D eigenvalue weighted by atomic mass is 10.1. The van der Waals surface area contributed by atoms with Crippen molar-refractivity contribution in [1.29, 1.82) is 0 Å². The van der Waals surface area contributed by atoms with E-state index in [0.717, 1.165) is 24.2 Å². The molecule has 1 aliphatic carbocycles. The number of benzene rings is 1. The zero-order valence-electron chi connectivity index (χ0n) is 11.6. The first kappa shape index (κ1) is 14.3. The maximum atomic E-state index is 10.2. The number of aliphatic hydroxyl groups is 1. The van der Waals surface area contributed by atoms with Crippen molar-refractivity contribution >= 4 is 0 Å². The van der Waals surface area contributed by atoms with Gasteiger partial charge in [0.2, 0.25) is 0 Å². The monoisotopic (exact) mass is 265 g/mol. The number of ether oxygens (including phenoxy) is 2. The summed E-state index contributed by atoms with van der Waals surface area (Å²) in [5.41, 5.74) is 0.874. The summed E-state index contributed by atoms with van der Waals surface area (Å²) in [6.07, 6.45) is 3.16. The molecule has 0 spiro atoms. The van der Waals surface area contributed by atoms with Crippen LogP contribution in [0.3, 0.4) is 0 Å². The standard InChI is InChI=1S/C15H23NO3/c1-18-12-6-3-5-11(9-12)14(17)10-16-13-7-4-8-15(13)19-2/h3,5-6,9,13-17H,4,7-8,10H2,1-2H3. The fourth-order valence-corrected chi connectivity index (χ4v) is 2.67. The third-order valence-corrected chi connectivity index (χ3v) is 3.81. The summed E-state index contributed by atoms with van der Waals surface area (Å²) in [5.74, 6) is 0.771. The molecule has 0 bridgehead atoms. The minimum absolute atomic E-state index is 0.275. The second kappa shape index (κ2) is 6.89. The van der Waals surface area contributed by atoms with Gasteiger partial charge in [-0.3, -0.25) is 0 Å². The van der Waals surface area contributed by atoms with E-state index < -0.39 is 6.10 Å². The Morgan fingerprint density at radius 2 is 2.21 bits per heavy atom. The van der Waals surface area contributed by atoms with E-state index in [1.807, 2.05) is 24.3 Å². The Labute approximate surface area is 114 Å². The fraction of sp³-hybridized carbons (Fsp3) is 0.600. The van der Waals surface area contributed by atoms with Gasteiger partial charge in [-0.1, -0.05) is 12.1 Å².